The Morgan fingerprint density at radius 2 is 1.76 bits per heavy atom. The summed E-state index contributed by atoms with van der Waals surface area (Å²) in [5, 5.41) is 4.16. The Labute approximate surface area is 217 Å². The van der Waals surface area contributed by atoms with Gasteiger partial charge in [-0.2, -0.15) is 0 Å². The molecule has 2 N–H and O–H groups in total. The largest absolute Gasteiger partial charge is 0.349 e. The summed E-state index contributed by atoms with van der Waals surface area (Å²) in [6.45, 7) is 2.26. The molecule has 6 rings (SSSR count). The predicted octanol–water partition coefficient (Wildman–Crippen LogP) is 7.39. The van der Waals surface area contributed by atoms with E-state index in [1.807, 2.05) is 24.4 Å². The van der Waals surface area contributed by atoms with Crippen LogP contribution in [0.4, 0.5) is 4.39 Å². The average Bonchev–Trinajstić information content (AvgIpc) is 3.36. The zero-order chi connectivity index (χ0) is 25.4. The molecule has 37 heavy (non-hydrogen) atoms. The minimum atomic E-state index is -0.205. The Morgan fingerprint density at radius 1 is 0.973 bits per heavy atom. The summed E-state index contributed by atoms with van der Waals surface area (Å²) in [5.74, 6) is 2.08. The third-order valence-electron chi connectivity index (χ3n) is 8.79. The molecule has 1 amide bonds. The Hall–Kier alpha value is -3.28. The Morgan fingerprint density at radius 3 is 2.57 bits per heavy atom. The number of hydrogen-bond donors (Lipinski definition) is 2. The van der Waals surface area contributed by atoms with Gasteiger partial charge >= 0.3 is 0 Å². The van der Waals surface area contributed by atoms with E-state index in [0.717, 1.165) is 66.3 Å². The second kappa shape index (κ2) is 10.2. The lowest BCUT2D eigenvalue weighted by Crippen LogP contribution is -2.36. The number of amides is 1. The third kappa shape index (κ3) is 4.98. The van der Waals surface area contributed by atoms with E-state index in [2.05, 4.69) is 28.3 Å². The molecule has 2 heterocycles. The fourth-order valence-corrected chi connectivity index (χ4v) is 6.55. The monoisotopic (exact) mass is 498 g/mol. The van der Waals surface area contributed by atoms with Gasteiger partial charge < -0.3 is 10.3 Å². The number of hydrogen-bond acceptors (Lipinski definition) is 3. The van der Waals surface area contributed by atoms with E-state index >= 15 is 0 Å². The number of H-pyrrole nitrogens is 1. The van der Waals surface area contributed by atoms with Crippen molar-refractivity contribution in [3.63, 3.8) is 0 Å². The van der Waals surface area contributed by atoms with E-state index in [9.17, 15) is 9.18 Å². The molecular weight excluding hydrogens is 463 g/mol. The molecule has 0 radical (unpaired) electrons. The Kier molecular flexibility index (Phi) is 6.66. The number of nitrogens with zero attached hydrogens (tertiary/aromatic N) is 2. The first-order valence-corrected chi connectivity index (χ1v) is 13.9. The number of carbonyl (C=O) groups excluding carboxylic acids is 1. The van der Waals surface area contributed by atoms with Crippen molar-refractivity contribution in [2.75, 3.05) is 0 Å². The van der Waals surface area contributed by atoms with Crippen LogP contribution < -0.4 is 5.32 Å². The van der Waals surface area contributed by atoms with Gasteiger partial charge in [-0.25, -0.2) is 9.37 Å². The molecule has 2 aliphatic rings. The molecule has 0 saturated heterocycles. The van der Waals surface area contributed by atoms with Gasteiger partial charge in [0.1, 0.15) is 11.6 Å². The molecule has 0 unspecified atom stereocenters. The minimum Gasteiger partial charge on any atom is -0.349 e. The van der Waals surface area contributed by atoms with Gasteiger partial charge in [0.05, 0.1) is 16.6 Å². The van der Waals surface area contributed by atoms with Gasteiger partial charge in [0.2, 0.25) is 0 Å². The summed E-state index contributed by atoms with van der Waals surface area (Å²) in [4.78, 5) is 25.7. The van der Waals surface area contributed by atoms with Crippen molar-refractivity contribution in [2.45, 2.75) is 82.6 Å². The number of nitrogens with one attached hydrogen (secondary N) is 2. The van der Waals surface area contributed by atoms with Crippen LogP contribution in [0.15, 0.2) is 48.7 Å². The first-order chi connectivity index (χ1) is 18.0. The van der Waals surface area contributed by atoms with Crippen LogP contribution in [0.2, 0.25) is 0 Å². The second-order valence-corrected chi connectivity index (χ2v) is 11.1. The predicted molar refractivity (Wildman–Crippen MR) is 145 cm³/mol. The van der Waals surface area contributed by atoms with Crippen molar-refractivity contribution in [1.82, 2.24) is 20.3 Å². The number of aromatic amines is 1. The maximum Gasteiger partial charge on any atom is 0.251 e. The number of halogens is 1. The molecular formula is C31H35FN4O. The lowest BCUT2D eigenvalue weighted by molar-refractivity contribution is 0.0928. The van der Waals surface area contributed by atoms with Crippen LogP contribution in [0.25, 0.3) is 21.9 Å². The SMILES string of the molecule is C[C@@H](c1nc2ccc(C(=O)NC3CCCCC3)cc2[nH]1)C1CCC(c2ccnc3ccc(F)cc23)CC1. The summed E-state index contributed by atoms with van der Waals surface area (Å²) in [5.41, 5.74) is 4.62. The number of fused-ring (bicyclic) bond motifs is 2. The average molecular weight is 499 g/mol. The van der Waals surface area contributed by atoms with Crippen molar-refractivity contribution in [3.8, 4) is 0 Å². The van der Waals surface area contributed by atoms with Crippen LogP contribution in [-0.2, 0) is 0 Å². The van der Waals surface area contributed by atoms with Crippen LogP contribution in [0.5, 0.6) is 0 Å². The van der Waals surface area contributed by atoms with Crippen molar-refractivity contribution in [2.24, 2.45) is 5.92 Å². The zero-order valence-corrected chi connectivity index (χ0v) is 21.5. The highest BCUT2D eigenvalue weighted by atomic mass is 19.1. The van der Waals surface area contributed by atoms with Gasteiger partial charge in [-0.3, -0.25) is 9.78 Å². The van der Waals surface area contributed by atoms with Crippen LogP contribution in [0, 0.1) is 11.7 Å². The first kappa shape index (κ1) is 24.1. The fourth-order valence-electron chi connectivity index (χ4n) is 6.55. The number of rotatable bonds is 5. The number of benzene rings is 2. The van der Waals surface area contributed by atoms with E-state index in [0.29, 0.717) is 29.4 Å². The first-order valence-electron chi connectivity index (χ1n) is 13.9. The molecule has 2 fully saturated rings. The molecule has 1 atom stereocenters. The van der Waals surface area contributed by atoms with Crippen LogP contribution in [0.1, 0.15) is 98.3 Å². The second-order valence-electron chi connectivity index (χ2n) is 11.1. The molecule has 2 aromatic carbocycles. The van der Waals surface area contributed by atoms with Crippen LogP contribution in [0.3, 0.4) is 0 Å². The molecule has 0 spiro atoms. The molecule has 4 aromatic rings. The van der Waals surface area contributed by atoms with E-state index in [1.54, 1.807) is 12.1 Å². The zero-order valence-electron chi connectivity index (χ0n) is 21.5. The van der Waals surface area contributed by atoms with E-state index in [-0.39, 0.29) is 11.7 Å². The highest BCUT2D eigenvalue weighted by molar-refractivity contribution is 5.97. The van der Waals surface area contributed by atoms with Crippen molar-refractivity contribution < 1.29 is 9.18 Å². The van der Waals surface area contributed by atoms with Crippen molar-refractivity contribution in [1.29, 1.82) is 0 Å². The Balaban J connectivity index is 1.13. The lowest BCUT2D eigenvalue weighted by Gasteiger charge is -2.32. The molecule has 192 valence electrons. The molecule has 2 aliphatic carbocycles. The molecule has 2 saturated carbocycles. The van der Waals surface area contributed by atoms with Crippen molar-refractivity contribution >= 4 is 27.8 Å². The van der Waals surface area contributed by atoms with Gasteiger partial charge in [0.25, 0.3) is 5.91 Å². The number of aromatic nitrogens is 3. The maximum absolute atomic E-state index is 13.9. The normalized spacial score (nSPS) is 21.8. The number of imidazole rings is 1. The standard InChI is InChI=1S/C31H35FN4O/c1-19(20-7-9-21(10-8-20)25-15-16-33-27-14-12-23(32)18-26(25)27)30-35-28-13-11-22(17-29(28)36-30)31(37)34-24-5-3-2-4-6-24/h11-21,24H,2-10H2,1H3,(H,34,37)(H,35,36)/t19-,20?,21?/m1/s1. The third-order valence-corrected chi connectivity index (χ3v) is 8.79. The van der Waals surface area contributed by atoms with Gasteiger partial charge in [0, 0.05) is 29.1 Å². The van der Waals surface area contributed by atoms with E-state index < -0.39 is 0 Å². The lowest BCUT2D eigenvalue weighted by atomic mass is 9.73. The smallest absolute Gasteiger partial charge is 0.251 e. The van der Waals surface area contributed by atoms with Crippen molar-refractivity contribution in [3.05, 3.63) is 71.4 Å². The topological polar surface area (TPSA) is 70.7 Å². The highest BCUT2D eigenvalue weighted by Gasteiger charge is 2.29. The molecule has 6 heteroatoms. The summed E-state index contributed by atoms with van der Waals surface area (Å²) >= 11 is 0. The number of pyridine rings is 1. The Bertz CT molecular complexity index is 1420. The summed E-state index contributed by atoms with van der Waals surface area (Å²) in [6.07, 6.45) is 12.1. The summed E-state index contributed by atoms with van der Waals surface area (Å²) < 4.78 is 13.9. The molecule has 5 nitrogen and oxygen atoms in total. The van der Waals surface area contributed by atoms with Gasteiger partial charge in [-0.15, -0.1) is 0 Å². The maximum atomic E-state index is 13.9. The van der Waals surface area contributed by atoms with Gasteiger partial charge in [-0.05, 0) is 98.4 Å². The van der Waals surface area contributed by atoms with Crippen LogP contribution in [-0.4, -0.2) is 26.9 Å². The summed E-state index contributed by atoms with van der Waals surface area (Å²) in [7, 11) is 0. The number of carbonyl (C=O) groups is 1. The van der Waals surface area contributed by atoms with Gasteiger partial charge in [-0.1, -0.05) is 26.2 Å². The van der Waals surface area contributed by atoms with E-state index in [1.165, 1.54) is 30.9 Å². The van der Waals surface area contributed by atoms with Gasteiger partial charge in [0.15, 0.2) is 0 Å². The minimum absolute atomic E-state index is 0.0137. The quantitative estimate of drug-likeness (QED) is 0.301. The van der Waals surface area contributed by atoms with E-state index in [4.69, 9.17) is 4.98 Å². The fraction of sp³-hybridized carbons (Fsp3) is 0.452. The molecule has 0 aliphatic heterocycles. The summed E-state index contributed by atoms with van der Waals surface area (Å²) in [6, 6.07) is 13.0. The van der Waals surface area contributed by atoms with Crippen LogP contribution >= 0.6 is 0 Å². The molecule has 2 aromatic heterocycles. The molecule has 0 bridgehead atoms. The highest BCUT2D eigenvalue weighted by Crippen LogP contribution is 2.43.